The van der Waals surface area contributed by atoms with Gasteiger partial charge in [-0.15, -0.1) is 10.2 Å². The summed E-state index contributed by atoms with van der Waals surface area (Å²) in [6.45, 7) is 2.98. The predicted octanol–water partition coefficient (Wildman–Crippen LogP) is 5.16. The molecule has 2 aromatic carbocycles. The maximum atomic E-state index is 12.1. The fourth-order valence-corrected chi connectivity index (χ4v) is 4.42. The second-order valence-corrected chi connectivity index (χ2v) is 8.22. The highest BCUT2D eigenvalue weighted by atomic mass is 32.2. The standard InChI is InChI=1S/C24H25N3O4S/c1-4-5-12-27-23(16-6-8-18(29-2)9-7-16)25-26-24(27)32-15-17-13-22(28)31-21-14-19(30-3)10-11-20(17)21/h6-11,13-14H,4-5,12,15H2,1-3H3. The lowest BCUT2D eigenvalue weighted by atomic mass is 10.1. The highest BCUT2D eigenvalue weighted by Crippen LogP contribution is 2.30. The molecule has 4 rings (SSSR count). The molecule has 8 heteroatoms. The zero-order chi connectivity index (χ0) is 22.5. The van der Waals surface area contributed by atoms with E-state index in [4.69, 9.17) is 13.9 Å². The number of benzene rings is 2. The molecule has 0 saturated heterocycles. The number of thioether (sulfide) groups is 1. The Balaban J connectivity index is 1.64. The summed E-state index contributed by atoms with van der Waals surface area (Å²) in [4.78, 5) is 12.1. The normalized spacial score (nSPS) is 11.1. The molecule has 32 heavy (non-hydrogen) atoms. The van der Waals surface area contributed by atoms with Gasteiger partial charge in [0.05, 0.1) is 14.2 Å². The monoisotopic (exact) mass is 451 g/mol. The molecule has 0 aliphatic rings. The van der Waals surface area contributed by atoms with Gasteiger partial charge in [0.15, 0.2) is 11.0 Å². The van der Waals surface area contributed by atoms with Crippen molar-refractivity contribution >= 4 is 22.7 Å². The molecule has 2 aromatic heterocycles. The summed E-state index contributed by atoms with van der Waals surface area (Å²) < 4.78 is 18.0. The lowest BCUT2D eigenvalue weighted by molar-refractivity contribution is 0.414. The van der Waals surface area contributed by atoms with E-state index < -0.39 is 0 Å². The lowest BCUT2D eigenvalue weighted by Gasteiger charge is -2.11. The second-order valence-electron chi connectivity index (χ2n) is 7.28. The molecule has 0 atom stereocenters. The first-order valence-electron chi connectivity index (χ1n) is 10.4. The van der Waals surface area contributed by atoms with Crippen molar-refractivity contribution in [1.82, 2.24) is 14.8 Å². The average Bonchev–Trinajstić information content (AvgIpc) is 3.23. The van der Waals surface area contributed by atoms with Crippen molar-refractivity contribution in [3.8, 4) is 22.9 Å². The van der Waals surface area contributed by atoms with E-state index in [1.165, 1.54) is 0 Å². The Hall–Kier alpha value is -3.26. The van der Waals surface area contributed by atoms with E-state index in [-0.39, 0.29) is 5.63 Å². The highest BCUT2D eigenvalue weighted by molar-refractivity contribution is 7.98. The number of hydrogen-bond donors (Lipinski definition) is 0. The van der Waals surface area contributed by atoms with E-state index in [0.29, 0.717) is 17.1 Å². The summed E-state index contributed by atoms with van der Waals surface area (Å²) in [6, 6.07) is 14.9. The van der Waals surface area contributed by atoms with Gasteiger partial charge in [-0.1, -0.05) is 25.1 Å². The minimum atomic E-state index is -0.382. The summed E-state index contributed by atoms with van der Waals surface area (Å²) in [6.07, 6.45) is 2.09. The van der Waals surface area contributed by atoms with Gasteiger partial charge in [-0.3, -0.25) is 0 Å². The molecule has 0 amide bonds. The van der Waals surface area contributed by atoms with Crippen molar-refractivity contribution < 1.29 is 13.9 Å². The van der Waals surface area contributed by atoms with Crippen LogP contribution in [0.3, 0.4) is 0 Å². The van der Waals surface area contributed by atoms with Gasteiger partial charge in [0.25, 0.3) is 0 Å². The number of hydrogen-bond acceptors (Lipinski definition) is 7. The Kier molecular flexibility index (Phi) is 6.80. The van der Waals surface area contributed by atoms with Crippen LogP contribution in [0.1, 0.15) is 25.3 Å². The SMILES string of the molecule is CCCCn1c(SCc2cc(=O)oc3cc(OC)ccc23)nnc1-c1ccc(OC)cc1. The summed E-state index contributed by atoms with van der Waals surface area (Å²) in [5.74, 6) is 2.84. The van der Waals surface area contributed by atoms with E-state index in [0.717, 1.165) is 52.6 Å². The molecule has 7 nitrogen and oxygen atoms in total. The number of ether oxygens (including phenoxy) is 2. The van der Waals surface area contributed by atoms with Crippen LogP contribution < -0.4 is 15.1 Å². The maximum Gasteiger partial charge on any atom is 0.336 e. The second kappa shape index (κ2) is 9.91. The van der Waals surface area contributed by atoms with Crippen molar-refractivity contribution in [3.63, 3.8) is 0 Å². The molecular weight excluding hydrogens is 426 g/mol. The first-order chi connectivity index (χ1) is 15.6. The third-order valence-electron chi connectivity index (χ3n) is 5.19. The third kappa shape index (κ3) is 4.65. The number of unbranched alkanes of at least 4 members (excludes halogenated alkanes) is 1. The van der Waals surface area contributed by atoms with E-state index in [2.05, 4.69) is 21.7 Å². The van der Waals surface area contributed by atoms with Crippen molar-refractivity contribution in [2.24, 2.45) is 0 Å². The lowest BCUT2D eigenvalue weighted by Crippen LogP contribution is -2.04. The Morgan fingerprint density at radius 3 is 2.47 bits per heavy atom. The van der Waals surface area contributed by atoms with Gasteiger partial charge in [0, 0.05) is 35.4 Å². The number of rotatable bonds is 9. The molecule has 0 aliphatic carbocycles. The van der Waals surface area contributed by atoms with E-state index in [9.17, 15) is 4.79 Å². The Morgan fingerprint density at radius 1 is 1.00 bits per heavy atom. The Morgan fingerprint density at radius 2 is 1.75 bits per heavy atom. The number of aromatic nitrogens is 3. The molecule has 0 spiro atoms. The highest BCUT2D eigenvalue weighted by Gasteiger charge is 2.16. The summed E-state index contributed by atoms with van der Waals surface area (Å²) in [5, 5.41) is 10.6. The molecule has 0 saturated carbocycles. The van der Waals surface area contributed by atoms with Gasteiger partial charge in [-0.05, 0) is 48.4 Å². The first kappa shape index (κ1) is 22.0. The quantitative estimate of drug-likeness (QED) is 0.257. The van der Waals surface area contributed by atoms with Gasteiger partial charge in [0.1, 0.15) is 17.1 Å². The predicted molar refractivity (Wildman–Crippen MR) is 126 cm³/mol. The minimum Gasteiger partial charge on any atom is -0.497 e. The summed E-state index contributed by atoms with van der Waals surface area (Å²) >= 11 is 1.56. The van der Waals surface area contributed by atoms with Crippen LogP contribution in [-0.2, 0) is 12.3 Å². The van der Waals surface area contributed by atoms with Crippen LogP contribution in [0.4, 0.5) is 0 Å². The van der Waals surface area contributed by atoms with Crippen LogP contribution >= 0.6 is 11.8 Å². The topological polar surface area (TPSA) is 79.4 Å². The zero-order valence-corrected chi connectivity index (χ0v) is 19.1. The number of fused-ring (bicyclic) bond motifs is 1. The van der Waals surface area contributed by atoms with Crippen molar-refractivity contribution in [1.29, 1.82) is 0 Å². The molecule has 0 bridgehead atoms. The van der Waals surface area contributed by atoms with Crippen LogP contribution in [0, 0.1) is 0 Å². The molecule has 2 heterocycles. The molecule has 0 N–H and O–H groups in total. The van der Waals surface area contributed by atoms with Crippen LogP contribution in [0.2, 0.25) is 0 Å². The van der Waals surface area contributed by atoms with E-state index in [1.54, 1.807) is 38.1 Å². The van der Waals surface area contributed by atoms with Gasteiger partial charge >= 0.3 is 5.63 Å². The van der Waals surface area contributed by atoms with Crippen LogP contribution in [-0.4, -0.2) is 29.0 Å². The number of methoxy groups -OCH3 is 2. The Bertz CT molecular complexity index is 1260. The van der Waals surface area contributed by atoms with Gasteiger partial charge in [-0.2, -0.15) is 0 Å². The van der Waals surface area contributed by atoms with E-state index >= 15 is 0 Å². The molecule has 0 aliphatic heterocycles. The molecule has 166 valence electrons. The third-order valence-corrected chi connectivity index (χ3v) is 6.21. The summed E-state index contributed by atoms with van der Waals surface area (Å²) in [7, 11) is 3.24. The van der Waals surface area contributed by atoms with Gasteiger partial charge in [0.2, 0.25) is 0 Å². The molecule has 0 radical (unpaired) electrons. The van der Waals surface area contributed by atoms with Gasteiger partial charge < -0.3 is 18.5 Å². The fraction of sp³-hybridized carbons (Fsp3) is 0.292. The van der Waals surface area contributed by atoms with E-state index in [1.807, 2.05) is 36.4 Å². The average molecular weight is 452 g/mol. The largest absolute Gasteiger partial charge is 0.497 e. The van der Waals surface area contributed by atoms with Crippen LogP contribution in [0.5, 0.6) is 11.5 Å². The Labute approximate surface area is 190 Å². The molecule has 4 aromatic rings. The van der Waals surface area contributed by atoms with Crippen LogP contribution in [0.15, 0.2) is 62.9 Å². The minimum absolute atomic E-state index is 0.382. The molecule has 0 unspecified atom stereocenters. The van der Waals surface area contributed by atoms with Crippen LogP contribution in [0.25, 0.3) is 22.4 Å². The fourth-order valence-electron chi connectivity index (χ4n) is 3.47. The van der Waals surface area contributed by atoms with Crippen molar-refractivity contribution in [2.75, 3.05) is 14.2 Å². The molecular formula is C24H25N3O4S. The smallest absolute Gasteiger partial charge is 0.336 e. The zero-order valence-electron chi connectivity index (χ0n) is 18.3. The first-order valence-corrected chi connectivity index (χ1v) is 11.4. The number of nitrogens with zero attached hydrogens (tertiary/aromatic N) is 3. The van der Waals surface area contributed by atoms with Gasteiger partial charge in [-0.25, -0.2) is 4.79 Å². The molecule has 0 fully saturated rings. The summed E-state index contributed by atoms with van der Waals surface area (Å²) in [5.41, 5.74) is 2.01. The maximum absolute atomic E-state index is 12.1. The van der Waals surface area contributed by atoms with Crippen molar-refractivity contribution in [3.05, 3.63) is 64.5 Å². The van der Waals surface area contributed by atoms with Crippen molar-refractivity contribution in [2.45, 2.75) is 37.2 Å².